The number of aromatic nitrogens is 2. The van der Waals surface area contributed by atoms with Gasteiger partial charge >= 0.3 is 0 Å². The van der Waals surface area contributed by atoms with Crippen LogP contribution >= 0.6 is 0 Å². The van der Waals surface area contributed by atoms with Crippen LogP contribution in [0.15, 0.2) is 41.4 Å². The molecule has 1 heterocycles. The molecular weight excluding hydrogens is 441 g/mol. The van der Waals surface area contributed by atoms with E-state index in [2.05, 4.69) is 20.7 Å². The zero-order valence-electron chi connectivity index (χ0n) is 20.0. The van der Waals surface area contributed by atoms with Crippen LogP contribution in [0.4, 0.5) is 10.1 Å². The van der Waals surface area contributed by atoms with E-state index in [1.54, 1.807) is 28.9 Å². The van der Waals surface area contributed by atoms with Crippen LogP contribution in [-0.4, -0.2) is 43.0 Å². The molecule has 3 rings (SSSR count). The lowest BCUT2D eigenvalue weighted by molar-refractivity contribution is 0.0976. The fourth-order valence-electron chi connectivity index (χ4n) is 3.38. The molecule has 34 heavy (non-hydrogen) atoms. The molecule has 0 spiro atoms. The molecule has 180 valence electrons. The highest BCUT2D eigenvalue weighted by Crippen LogP contribution is 2.38. The number of hydrogen-bond donors (Lipinski definition) is 2. The standard InChI is InChI=1S/C24H28FN5O4/c1-14-19(15(2)30(3)29-14)13-26-24(27-18-9-7-17(25)8-10-18)28-23(31)16-11-20(32-4)22(34-6)21(12-16)33-5/h7-12H,13H2,1-6H3,(H2,26,27,28,31). The third kappa shape index (κ3) is 5.45. The minimum Gasteiger partial charge on any atom is -0.493 e. The summed E-state index contributed by atoms with van der Waals surface area (Å²) in [5.41, 5.74) is 3.60. The second kappa shape index (κ2) is 10.7. The lowest BCUT2D eigenvalue weighted by Crippen LogP contribution is -2.36. The molecular formula is C24H28FN5O4. The number of ether oxygens (including phenoxy) is 3. The number of amides is 1. The van der Waals surface area contributed by atoms with Crippen molar-refractivity contribution in [1.82, 2.24) is 15.1 Å². The Morgan fingerprint density at radius 2 is 1.68 bits per heavy atom. The molecule has 0 bridgehead atoms. The van der Waals surface area contributed by atoms with Gasteiger partial charge in [-0.1, -0.05) is 0 Å². The van der Waals surface area contributed by atoms with Gasteiger partial charge in [-0.15, -0.1) is 0 Å². The first-order chi connectivity index (χ1) is 16.3. The molecule has 9 nitrogen and oxygen atoms in total. The molecule has 1 amide bonds. The number of nitrogens with zero attached hydrogens (tertiary/aromatic N) is 3. The molecule has 2 aromatic carbocycles. The lowest BCUT2D eigenvalue weighted by atomic mass is 10.1. The smallest absolute Gasteiger partial charge is 0.258 e. The van der Waals surface area contributed by atoms with Crippen molar-refractivity contribution in [3.05, 3.63) is 64.7 Å². The molecule has 0 fully saturated rings. The molecule has 0 saturated heterocycles. The van der Waals surface area contributed by atoms with Crippen LogP contribution in [0.3, 0.4) is 0 Å². The highest BCUT2D eigenvalue weighted by atomic mass is 19.1. The number of methoxy groups -OCH3 is 3. The first kappa shape index (κ1) is 24.6. The fraction of sp³-hybridized carbons (Fsp3) is 0.292. The summed E-state index contributed by atoms with van der Waals surface area (Å²) in [6.07, 6.45) is 0. The highest BCUT2D eigenvalue weighted by molar-refractivity contribution is 6.10. The molecule has 0 aliphatic carbocycles. The maximum absolute atomic E-state index is 13.3. The minimum absolute atomic E-state index is 0.188. The predicted molar refractivity (Wildman–Crippen MR) is 127 cm³/mol. The number of rotatable bonds is 7. The van der Waals surface area contributed by atoms with Gasteiger partial charge in [0.1, 0.15) is 5.82 Å². The van der Waals surface area contributed by atoms with Gasteiger partial charge in [0.15, 0.2) is 11.5 Å². The van der Waals surface area contributed by atoms with Crippen LogP contribution in [0.25, 0.3) is 0 Å². The van der Waals surface area contributed by atoms with E-state index < -0.39 is 5.91 Å². The van der Waals surface area contributed by atoms with E-state index in [1.165, 1.54) is 33.5 Å². The molecule has 10 heteroatoms. The number of aliphatic imine (C=N–C) groups is 1. The Morgan fingerprint density at radius 3 is 2.18 bits per heavy atom. The normalized spacial score (nSPS) is 11.2. The van der Waals surface area contributed by atoms with Crippen molar-refractivity contribution in [2.75, 3.05) is 26.6 Å². The second-order valence-corrected chi connectivity index (χ2v) is 7.44. The van der Waals surface area contributed by atoms with Gasteiger partial charge in [0, 0.05) is 29.6 Å². The van der Waals surface area contributed by atoms with E-state index in [-0.39, 0.29) is 23.9 Å². The van der Waals surface area contributed by atoms with Gasteiger partial charge in [-0.25, -0.2) is 9.38 Å². The van der Waals surface area contributed by atoms with Crippen molar-refractivity contribution in [2.24, 2.45) is 12.0 Å². The fourth-order valence-corrected chi connectivity index (χ4v) is 3.38. The number of carbonyl (C=O) groups is 1. The van der Waals surface area contributed by atoms with Crippen LogP contribution in [0.5, 0.6) is 17.2 Å². The van der Waals surface area contributed by atoms with E-state index in [0.29, 0.717) is 22.9 Å². The van der Waals surface area contributed by atoms with Gasteiger partial charge in [0.2, 0.25) is 11.7 Å². The minimum atomic E-state index is -0.452. The number of hydrogen-bond acceptors (Lipinski definition) is 6. The third-order valence-electron chi connectivity index (χ3n) is 5.32. The average molecular weight is 470 g/mol. The second-order valence-electron chi connectivity index (χ2n) is 7.44. The van der Waals surface area contributed by atoms with E-state index in [1.807, 2.05) is 20.9 Å². The largest absolute Gasteiger partial charge is 0.493 e. The third-order valence-corrected chi connectivity index (χ3v) is 5.32. The summed E-state index contributed by atoms with van der Waals surface area (Å²) in [7, 11) is 6.29. The topological polar surface area (TPSA) is 99.0 Å². The van der Waals surface area contributed by atoms with Crippen molar-refractivity contribution >= 4 is 17.6 Å². The van der Waals surface area contributed by atoms with Gasteiger partial charge < -0.3 is 19.5 Å². The van der Waals surface area contributed by atoms with Crippen LogP contribution in [0, 0.1) is 19.7 Å². The summed E-state index contributed by atoms with van der Waals surface area (Å²) in [6.45, 7) is 4.14. The Kier molecular flexibility index (Phi) is 7.72. The van der Waals surface area contributed by atoms with Gasteiger partial charge in [0.25, 0.3) is 5.91 Å². The maximum Gasteiger partial charge on any atom is 0.258 e. The van der Waals surface area contributed by atoms with E-state index in [0.717, 1.165) is 17.0 Å². The van der Waals surface area contributed by atoms with Crippen molar-refractivity contribution in [2.45, 2.75) is 20.4 Å². The number of aryl methyl sites for hydroxylation is 2. The lowest BCUT2D eigenvalue weighted by Gasteiger charge is -2.15. The number of carbonyl (C=O) groups excluding carboxylic acids is 1. The predicted octanol–water partition coefficient (Wildman–Crippen LogP) is 3.60. The summed E-state index contributed by atoms with van der Waals surface area (Å²) >= 11 is 0. The SMILES string of the molecule is COc1cc(C(=O)NC(=NCc2c(C)nn(C)c2C)Nc2ccc(F)cc2)cc(OC)c1OC. The Morgan fingerprint density at radius 1 is 1.06 bits per heavy atom. The number of anilines is 1. The molecule has 0 aliphatic rings. The maximum atomic E-state index is 13.3. The van der Waals surface area contributed by atoms with Gasteiger partial charge in [-0.2, -0.15) is 5.10 Å². The number of benzene rings is 2. The van der Waals surface area contributed by atoms with E-state index in [4.69, 9.17) is 14.2 Å². The Bertz CT molecular complexity index is 1180. The van der Waals surface area contributed by atoms with Crippen LogP contribution in [-0.2, 0) is 13.6 Å². The highest BCUT2D eigenvalue weighted by Gasteiger charge is 2.18. The summed E-state index contributed by atoms with van der Waals surface area (Å²) in [4.78, 5) is 17.7. The Labute approximate surface area is 197 Å². The summed E-state index contributed by atoms with van der Waals surface area (Å²) < 4.78 is 31.1. The summed E-state index contributed by atoms with van der Waals surface area (Å²) in [5.74, 6) is 0.437. The van der Waals surface area contributed by atoms with E-state index in [9.17, 15) is 9.18 Å². The zero-order chi connectivity index (χ0) is 24.8. The molecule has 3 aromatic rings. The van der Waals surface area contributed by atoms with Crippen molar-refractivity contribution in [3.8, 4) is 17.2 Å². The first-order valence-electron chi connectivity index (χ1n) is 10.4. The number of nitrogens with one attached hydrogen (secondary N) is 2. The van der Waals surface area contributed by atoms with Crippen molar-refractivity contribution in [1.29, 1.82) is 0 Å². The molecule has 0 atom stereocenters. The number of guanidine groups is 1. The molecule has 0 saturated carbocycles. The van der Waals surface area contributed by atoms with Gasteiger partial charge in [0.05, 0.1) is 33.6 Å². The Hall–Kier alpha value is -4.08. The molecule has 0 radical (unpaired) electrons. The molecule has 0 unspecified atom stereocenters. The summed E-state index contributed by atoms with van der Waals surface area (Å²) in [6, 6.07) is 8.82. The molecule has 2 N–H and O–H groups in total. The van der Waals surface area contributed by atoms with Crippen LogP contribution in [0.2, 0.25) is 0 Å². The zero-order valence-corrected chi connectivity index (χ0v) is 20.0. The number of halogens is 1. The van der Waals surface area contributed by atoms with Gasteiger partial charge in [-0.05, 0) is 50.2 Å². The molecule has 1 aromatic heterocycles. The van der Waals surface area contributed by atoms with Crippen molar-refractivity contribution < 1.29 is 23.4 Å². The van der Waals surface area contributed by atoms with Gasteiger partial charge in [-0.3, -0.25) is 14.8 Å². The summed E-state index contributed by atoms with van der Waals surface area (Å²) in [5, 5.41) is 10.2. The first-order valence-corrected chi connectivity index (χ1v) is 10.4. The van der Waals surface area contributed by atoms with Crippen LogP contribution < -0.4 is 24.8 Å². The average Bonchev–Trinajstić information content (AvgIpc) is 3.08. The monoisotopic (exact) mass is 469 g/mol. The molecule has 0 aliphatic heterocycles. The Balaban J connectivity index is 1.93. The van der Waals surface area contributed by atoms with Crippen LogP contribution in [0.1, 0.15) is 27.3 Å². The van der Waals surface area contributed by atoms with E-state index >= 15 is 0 Å². The quantitative estimate of drug-likeness (QED) is 0.405. The van der Waals surface area contributed by atoms with Crippen molar-refractivity contribution in [3.63, 3.8) is 0 Å².